The van der Waals surface area contributed by atoms with E-state index in [1.807, 2.05) is 48.5 Å². The van der Waals surface area contributed by atoms with Gasteiger partial charge in [0, 0.05) is 18.6 Å². The molecule has 1 aromatic heterocycles. The summed E-state index contributed by atoms with van der Waals surface area (Å²) in [7, 11) is 1.78. The Morgan fingerprint density at radius 1 is 1.13 bits per heavy atom. The van der Waals surface area contributed by atoms with Crippen molar-refractivity contribution in [3.63, 3.8) is 0 Å². The number of hydrogen-bond donors (Lipinski definition) is 1. The fraction of sp³-hybridized carbons (Fsp3) is 0.188. The molecule has 0 fully saturated rings. The highest BCUT2D eigenvalue weighted by Gasteiger charge is 2.03. The van der Waals surface area contributed by atoms with Crippen LogP contribution in [-0.2, 0) is 20.2 Å². The Labute approximate surface area is 139 Å². The van der Waals surface area contributed by atoms with Crippen LogP contribution in [0.15, 0.2) is 48.5 Å². The number of nitrogens with zero attached hydrogens (tertiary/aromatic N) is 4. The van der Waals surface area contributed by atoms with Crippen LogP contribution in [0, 0.1) is 0 Å². The lowest BCUT2D eigenvalue weighted by atomic mass is 10.2. The van der Waals surface area contributed by atoms with E-state index >= 15 is 0 Å². The topological polar surface area (TPSA) is 64.9 Å². The van der Waals surface area contributed by atoms with E-state index < -0.39 is 0 Å². The average molecular weight is 330 g/mol. The maximum atomic E-state index is 5.97. The van der Waals surface area contributed by atoms with Crippen molar-refractivity contribution in [1.29, 1.82) is 0 Å². The molecule has 23 heavy (non-hydrogen) atoms. The predicted molar refractivity (Wildman–Crippen MR) is 88.4 cm³/mol. The zero-order chi connectivity index (χ0) is 16.1. The van der Waals surface area contributed by atoms with Gasteiger partial charge in [0.25, 0.3) is 0 Å². The fourth-order valence-corrected chi connectivity index (χ4v) is 2.31. The minimum absolute atomic E-state index is 0.477. The van der Waals surface area contributed by atoms with E-state index in [9.17, 15) is 0 Å². The number of nitrogens with one attached hydrogen (secondary N) is 1. The van der Waals surface area contributed by atoms with E-state index in [1.54, 1.807) is 11.7 Å². The molecule has 3 aromatic rings. The number of tetrazole rings is 1. The SMILES string of the molecule is Cn1nnnc1NCc1cccc(OCc2cccc(Cl)c2)c1. The van der Waals surface area contributed by atoms with Crippen molar-refractivity contribution in [1.82, 2.24) is 20.2 Å². The van der Waals surface area contributed by atoms with Crippen molar-refractivity contribution in [3.8, 4) is 5.75 Å². The van der Waals surface area contributed by atoms with E-state index in [0.717, 1.165) is 16.9 Å². The lowest BCUT2D eigenvalue weighted by Gasteiger charge is -2.09. The van der Waals surface area contributed by atoms with Crippen molar-refractivity contribution in [2.45, 2.75) is 13.2 Å². The van der Waals surface area contributed by atoms with Crippen LogP contribution in [0.1, 0.15) is 11.1 Å². The monoisotopic (exact) mass is 329 g/mol. The molecule has 1 heterocycles. The summed E-state index contributed by atoms with van der Waals surface area (Å²) < 4.78 is 7.40. The average Bonchev–Trinajstić information content (AvgIpc) is 2.97. The molecule has 0 saturated heterocycles. The number of halogens is 1. The van der Waals surface area contributed by atoms with Gasteiger partial charge in [0.1, 0.15) is 12.4 Å². The molecule has 0 bridgehead atoms. The van der Waals surface area contributed by atoms with Crippen molar-refractivity contribution >= 4 is 17.5 Å². The summed E-state index contributed by atoms with van der Waals surface area (Å²) in [4.78, 5) is 0. The summed E-state index contributed by atoms with van der Waals surface area (Å²) in [5.41, 5.74) is 2.11. The predicted octanol–water partition coefficient (Wildman–Crippen LogP) is 3.05. The minimum atomic E-state index is 0.477. The highest BCUT2D eigenvalue weighted by molar-refractivity contribution is 6.30. The molecular formula is C16H16ClN5O. The molecule has 0 spiro atoms. The van der Waals surface area contributed by atoms with E-state index in [4.69, 9.17) is 16.3 Å². The van der Waals surface area contributed by atoms with Gasteiger partial charge in [-0.2, -0.15) is 0 Å². The fourth-order valence-electron chi connectivity index (χ4n) is 2.10. The molecule has 2 aromatic carbocycles. The van der Waals surface area contributed by atoms with E-state index in [0.29, 0.717) is 24.1 Å². The van der Waals surface area contributed by atoms with Gasteiger partial charge in [0.05, 0.1) is 0 Å². The maximum Gasteiger partial charge on any atom is 0.242 e. The molecule has 0 atom stereocenters. The smallest absolute Gasteiger partial charge is 0.242 e. The first kappa shape index (κ1) is 15.3. The number of aryl methyl sites for hydroxylation is 1. The number of benzene rings is 2. The quantitative estimate of drug-likeness (QED) is 0.753. The van der Waals surface area contributed by atoms with Gasteiger partial charge in [-0.3, -0.25) is 0 Å². The molecule has 0 aliphatic heterocycles. The van der Waals surface area contributed by atoms with Crippen molar-refractivity contribution < 1.29 is 4.74 Å². The van der Waals surface area contributed by atoms with Crippen LogP contribution in [0.4, 0.5) is 5.95 Å². The van der Waals surface area contributed by atoms with Gasteiger partial charge in [-0.05, 0) is 45.8 Å². The molecule has 3 rings (SSSR count). The highest BCUT2D eigenvalue weighted by atomic mass is 35.5. The second-order valence-electron chi connectivity index (χ2n) is 5.05. The number of aromatic nitrogens is 4. The summed E-state index contributed by atoms with van der Waals surface area (Å²) in [6, 6.07) is 15.5. The van der Waals surface area contributed by atoms with Gasteiger partial charge in [-0.25, -0.2) is 4.68 Å². The van der Waals surface area contributed by atoms with Gasteiger partial charge < -0.3 is 10.1 Å². The molecular weight excluding hydrogens is 314 g/mol. The Morgan fingerprint density at radius 3 is 2.74 bits per heavy atom. The Morgan fingerprint density at radius 2 is 1.96 bits per heavy atom. The van der Waals surface area contributed by atoms with Crippen molar-refractivity contribution in [2.75, 3.05) is 5.32 Å². The minimum Gasteiger partial charge on any atom is -0.489 e. The first-order chi connectivity index (χ1) is 11.2. The molecule has 0 saturated carbocycles. The highest BCUT2D eigenvalue weighted by Crippen LogP contribution is 2.17. The number of hydrogen-bond acceptors (Lipinski definition) is 5. The molecule has 0 amide bonds. The van der Waals surface area contributed by atoms with Gasteiger partial charge in [0.2, 0.25) is 5.95 Å². The standard InChI is InChI=1S/C16H16ClN5O/c1-22-16(19-20-21-22)18-10-12-4-3-7-15(9-12)23-11-13-5-2-6-14(17)8-13/h2-9H,10-11H2,1H3,(H,18,19,21). The molecule has 0 aliphatic rings. The van der Waals surface area contributed by atoms with Crippen molar-refractivity contribution in [2.24, 2.45) is 7.05 Å². The second kappa shape index (κ2) is 7.11. The van der Waals surface area contributed by atoms with Gasteiger partial charge in [0.15, 0.2) is 0 Å². The molecule has 7 heteroatoms. The summed E-state index contributed by atoms with van der Waals surface area (Å²) >= 11 is 5.97. The summed E-state index contributed by atoms with van der Waals surface area (Å²) in [5.74, 6) is 1.43. The van der Waals surface area contributed by atoms with Crippen LogP contribution >= 0.6 is 11.6 Å². The van der Waals surface area contributed by atoms with Gasteiger partial charge >= 0.3 is 0 Å². The molecule has 0 radical (unpaired) electrons. The molecule has 1 N–H and O–H groups in total. The van der Waals surface area contributed by atoms with E-state index in [2.05, 4.69) is 20.8 Å². The zero-order valence-electron chi connectivity index (χ0n) is 12.6. The van der Waals surface area contributed by atoms with Crippen LogP contribution in [0.5, 0.6) is 5.75 Å². The third kappa shape index (κ3) is 4.20. The molecule has 118 valence electrons. The van der Waals surface area contributed by atoms with E-state index in [1.165, 1.54) is 0 Å². The zero-order valence-corrected chi connectivity index (χ0v) is 13.4. The van der Waals surface area contributed by atoms with Crippen LogP contribution in [-0.4, -0.2) is 20.2 Å². The normalized spacial score (nSPS) is 10.5. The number of ether oxygens (including phenoxy) is 1. The largest absolute Gasteiger partial charge is 0.489 e. The first-order valence-electron chi connectivity index (χ1n) is 7.13. The maximum absolute atomic E-state index is 5.97. The second-order valence-corrected chi connectivity index (χ2v) is 5.48. The Hall–Kier alpha value is -2.60. The van der Waals surface area contributed by atoms with Crippen LogP contribution in [0.2, 0.25) is 5.02 Å². The third-order valence-corrected chi connectivity index (χ3v) is 3.50. The summed E-state index contributed by atoms with van der Waals surface area (Å²) in [6.07, 6.45) is 0. The van der Waals surface area contributed by atoms with Gasteiger partial charge in [-0.15, -0.1) is 0 Å². The molecule has 0 unspecified atom stereocenters. The lowest BCUT2D eigenvalue weighted by molar-refractivity contribution is 0.306. The Kier molecular flexibility index (Phi) is 4.73. The van der Waals surface area contributed by atoms with Crippen LogP contribution in [0.25, 0.3) is 0 Å². The Bertz CT molecular complexity index is 789. The Balaban J connectivity index is 1.60. The van der Waals surface area contributed by atoms with Crippen LogP contribution in [0.3, 0.4) is 0 Å². The van der Waals surface area contributed by atoms with Crippen LogP contribution < -0.4 is 10.1 Å². The third-order valence-electron chi connectivity index (χ3n) is 3.26. The van der Waals surface area contributed by atoms with Gasteiger partial charge in [-0.1, -0.05) is 41.0 Å². The summed E-state index contributed by atoms with van der Waals surface area (Å²) in [5, 5.41) is 15.1. The summed E-state index contributed by atoms with van der Waals surface area (Å²) in [6.45, 7) is 1.09. The number of rotatable bonds is 6. The van der Waals surface area contributed by atoms with E-state index in [-0.39, 0.29) is 0 Å². The molecule has 6 nitrogen and oxygen atoms in total. The number of anilines is 1. The lowest BCUT2D eigenvalue weighted by Crippen LogP contribution is -2.06. The first-order valence-corrected chi connectivity index (χ1v) is 7.51. The molecule has 0 aliphatic carbocycles. The van der Waals surface area contributed by atoms with Crippen molar-refractivity contribution in [3.05, 3.63) is 64.7 Å².